The number of ether oxygens (including phenoxy) is 3. The fraction of sp³-hybridized carbons (Fsp3) is 0.938. The zero-order valence-corrected chi connectivity index (χ0v) is 17.0. The lowest BCUT2D eigenvalue weighted by Crippen LogP contribution is -2.46. The van der Waals surface area contributed by atoms with Gasteiger partial charge in [-0.3, -0.25) is 4.79 Å². The Morgan fingerprint density at radius 2 is 2.12 bits per heavy atom. The minimum atomic E-state index is -0.796. The predicted molar refractivity (Wildman–Crippen MR) is 102 cm³/mol. The molecule has 1 fully saturated rings. The van der Waals surface area contributed by atoms with Crippen molar-refractivity contribution in [1.29, 1.82) is 0 Å². The summed E-state index contributed by atoms with van der Waals surface area (Å²) in [6.07, 6.45) is 1.95. The van der Waals surface area contributed by atoms with Crippen LogP contribution in [0.3, 0.4) is 0 Å². The highest BCUT2D eigenvalue weighted by Gasteiger charge is 2.34. The standard InChI is InChI=1S/C16H33BN2O6.ClH/c1-12(9-20)18-8-6-5-7-14(19-17(4)22)15(21)23-10-13-11-24-16(2,3)25-13;/h12-14,18-20,22H,5-11H2,1-4H3;1H/t12?,13?,14-;/m0./s1. The van der Waals surface area contributed by atoms with Gasteiger partial charge >= 0.3 is 13.0 Å². The summed E-state index contributed by atoms with van der Waals surface area (Å²) in [6, 6.07) is -0.500. The molecule has 3 atom stereocenters. The molecule has 0 spiro atoms. The number of nitrogens with one attached hydrogen (secondary N) is 2. The summed E-state index contributed by atoms with van der Waals surface area (Å²) >= 11 is 0. The maximum atomic E-state index is 12.3. The molecule has 0 saturated carbocycles. The van der Waals surface area contributed by atoms with Crippen LogP contribution in [-0.4, -0.2) is 73.5 Å². The normalized spacial score (nSPS) is 20.9. The fourth-order valence-electron chi connectivity index (χ4n) is 2.57. The van der Waals surface area contributed by atoms with Crippen molar-refractivity contribution in [2.75, 3.05) is 26.4 Å². The minimum Gasteiger partial charge on any atom is -0.462 e. The van der Waals surface area contributed by atoms with Crippen molar-refractivity contribution in [1.82, 2.24) is 10.5 Å². The Balaban J connectivity index is 0.00000625. The van der Waals surface area contributed by atoms with Gasteiger partial charge in [0.05, 0.1) is 19.3 Å². The van der Waals surface area contributed by atoms with E-state index in [-0.39, 0.29) is 37.8 Å². The number of hydrogen-bond acceptors (Lipinski definition) is 8. The fourth-order valence-corrected chi connectivity index (χ4v) is 2.57. The van der Waals surface area contributed by atoms with E-state index in [9.17, 15) is 9.82 Å². The van der Waals surface area contributed by atoms with Gasteiger partial charge in [-0.25, -0.2) is 0 Å². The van der Waals surface area contributed by atoms with Gasteiger partial charge in [-0.2, -0.15) is 0 Å². The van der Waals surface area contributed by atoms with Gasteiger partial charge in [-0.15, -0.1) is 12.4 Å². The maximum absolute atomic E-state index is 12.3. The van der Waals surface area contributed by atoms with E-state index in [1.165, 1.54) is 0 Å². The highest BCUT2D eigenvalue weighted by atomic mass is 35.5. The average molecular weight is 397 g/mol. The van der Waals surface area contributed by atoms with E-state index in [2.05, 4.69) is 10.5 Å². The molecule has 0 aliphatic carbocycles. The average Bonchev–Trinajstić information content (AvgIpc) is 2.89. The molecule has 4 N–H and O–H groups in total. The first-order chi connectivity index (χ1) is 11.7. The van der Waals surface area contributed by atoms with Gasteiger partial charge in [0.25, 0.3) is 0 Å². The molecule has 1 aliphatic rings. The Kier molecular flexibility index (Phi) is 12.7. The molecule has 0 aromatic heterocycles. The van der Waals surface area contributed by atoms with Crippen LogP contribution >= 0.6 is 12.4 Å². The number of rotatable bonds is 12. The molecule has 1 rings (SSSR count). The van der Waals surface area contributed by atoms with Gasteiger partial charge in [0.15, 0.2) is 5.79 Å². The number of carbonyl (C=O) groups is 1. The van der Waals surface area contributed by atoms with E-state index in [1.807, 2.05) is 20.8 Å². The highest BCUT2D eigenvalue weighted by molar-refractivity contribution is 6.46. The van der Waals surface area contributed by atoms with Gasteiger partial charge < -0.3 is 34.9 Å². The van der Waals surface area contributed by atoms with Crippen LogP contribution in [0.4, 0.5) is 0 Å². The zero-order valence-electron chi connectivity index (χ0n) is 16.2. The number of aliphatic hydroxyl groups excluding tert-OH is 1. The lowest BCUT2D eigenvalue weighted by molar-refractivity contribution is -0.159. The Labute approximate surface area is 162 Å². The van der Waals surface area contributed by atoms with Crippen molar-refractivity contribution in [2.45, 2.75) is 70.8 Å². The molecule has 1 saturated heterocycles. The van der Waals surface area contributed by atoms with Crippen molar-refractivity contribution in [3.05, 3.63) is 0 Å². The van der Waals surface area contributed by atoms with Crippen LogP contribution in [0.5, 0.6) is 0 Å². The van der Waals surface area contributed by atoms with E-state index >= 15 is 0 Å². The van der Waals surface area contributed by atoms with Crippen molar-refractivity contribution >= 4 is 25.4 Å². The summed E-state index contributed by atoms with van der Waals surface area (Å²) in [7, 11) is -0.796. The van der Waals surface area contributed by atoms with E-state index in [4.69, 9.17) is 19.3 Å². The molecule has 26 heavy (non-hydrogen) atoms. The molecule has 0 amide bonds. The minimum absolute atomic E-state index is 0. The van der Waals surface area contributed by atoms with Crippen molar-refractivity contribution in [3.8, 4) is 0 Å². The van der Waals surface area contributed by atoms with Gasteiger partial charge in [-0.1, -0.05) is 6.42 Å². The van der Waals surface area contributed by atoms with E-state index in [0.717, 1.165) is 19.4 Å². The molecule has 2 unspecified atom stereocenters. The molecule has 0 aromatic rings. The Bertz CT molecular complexity index is 403. The van der Waals surface area contributed by atoms with Gasteiger partial charge in [-0.05, 0) is 47.0 Å². The third-order valence-corrected chi connectivity index (χ3v) is 3.89. The molecule has 1 heterocycles. The first-order valence-corrected chi connectivity index (χ1v) is 9.00. The van der Waals surface area contributed by atoms with E-state index in [1.54, 1.807) is 6.82 Å². The molecule has 0 bridgehead atoms. The van der Waals surface area contributed by atoms with Gasteiger partial charge in [0, 0.05) is 6.04 Å². The molecular weight excluding hydrogens is 362 g/mol. The SMILES string of the molecule is CB(O)N[C@@H](CCCCNC(C)CO)C(=O)OCC1COC(C)(C)O1.Cl. The van der Waals surface area contributed by atoms with E-state index in [0.29, 0.717) is 13.0 Å². The second-order valence-electron chi connectivity index (χ2n) is 7.01. The Morgan fingerprint density at radius 1 is 1.42 bits per heavy atom. The third-order valence-electron chi connectivity index (χ3n) is 3.89. The van der Waals surface area contributed by atoms with E-state index < -0.39 is 24.8 Å². The number of halogens is 1. The summed E-state index contributed by atoms with van der Waals surface area (Å²) < 4.78 is 16.4. The van der Waals surface area contributed by atoms with Gasteiger partial charge in [0.1, 0.15) is 12.7 Å². The summed E-state index contributed by atoms with van der Waals surface area (Å²) in [6.45, 7) is 8.51. The second kappa shape index (κ2) is 12.9. The number of unbranched alkanes of at least 4 members (excludes halogenated alkanes) is 1. The van der Waals surface area contributed by atoms with Crippen LogP contribution in [0.15, 0.2) is 0 Å². The number of aliphatic hydroxyl groups is 1. The maximum Gasteiger partial charge on any atom is 0.374 e. The molecular formula is C16H34BClN2O6. The third kappa shape index (κ3) is 10.7. The molecule has 0 aromatic carbocycles. The number of carbonyl (C=O) groups excluding carboxylic acids is 1. The van der Waals surface area contributed by atoms with Crippen molar-refractivity contribution < 1.29 is 29.1 Å². The molecule has 1 aliphatic heterocycles. The lowest BCUT2D eigenvalue weighted by Gasteiger charge is -2.20. The van der Waals surface area contributed by atoms with Crippen LogP contribution in [0.25, 0.3) is 0 Å². The molecule has 10 heteroatoms. The van der Waals surface area contributed by atoms with Crippen LogP contribution in [0, 0.1) is 0 Å². The molecule has 154 valence electrons. The summed E-state index contributed by atoms with van der Waals surface area (Å²) in [5.41, 5.74) is 0. The van der Waals surface area contributed by atoms with Crippen LogP contribution < -0.4 is 10.5 Å². The van der Waals surface area contributed by atoms with Crippen LogP contribution in [0.2, 0.25) is 6.82 Å². The van der Waals surface area contributed by atoms with Crippen molar-refractivity contribution in [2.24, 2.45) is 0 Å². The predicted octanol–water partition coefficient (Wildman–Crippen LogP) is 0.312. The van der Waals surface area contributed by atoms with Gasteiger partial charge in [0.2, 0.25) is 0 Å². The monoisotopic (exact) mass is 396 g/mol. The summed E-state index contributed by atoms with van der Waals surface area (Å²) in [5, 5.41) is 24.5. The quantitative estimate of drug-likeness (QED) is 0.212. The molecule has 8 nitrogen and oxygen atoms in total. The first kappa shape index (κ1) is 25.6. The zero-order chi connectivity index (χ0) is 18.9. The Morgan fingerprint density at radius 3 is 2.65 bits per heavy atom. The van der Waals surface area contributed by atoms with Crippen molar-refractivity contribution in [3.63, 3.8) is 0 Å². The number of hydrogen-bond donors (Lipinski definition) is 4. The number of esters is 1. The lowest BCUT2D eigenvalue weighted by atomic mass is 9.86. The highest BCUT2D eigenvalue weighted by Crippen LogP contribution is 2.22. The summed E-state index contributed by atoms with van der Waals surface area (Å²) in [4.78, 5) is 12.3. The smallest absolute Gasteiger partial charge is 0.374 e. The van der Waals surface area contributed by atoms with Crippen LogP contribution in [-0.2, 0) is 19.0 Å². The largest absolute Gasteiger partial charge is 0.462 e. The second-order valence-corrected chi connectivity index (χ2v) is 7.01. The first-order valence-electron chi connectivity index (χ1n) is 9.00. The Hall–Kier alpha value is -0.415. The topological polar surface area (TPSA) is 109 Å². The van der Waals surface area contributed by atoms with Crippen LogP contribution in [0.1, 0.15) is 40.0 Å². The summed E-state index contributed by atoms with van der Waals surface area (Å²) in [5.74, 6) is -1.04. The molecule has 0 radical (unpaired) electrons.